The minimum Gasteiger partial charge on any atom is -0.255 e. The maximum absolute atomic E-state index is 4.45. The van der Waals surface area contributed by atoms with Gasteiger partial charge < -0.3 is 0 Å². The van der Waals surface area contributed by atoms with Crippen molar-refractivity contribution in [2.75, 3.05) is 0 Å². The topological polar surface area (TPSA) is 12.9 Å². The molecule has 0 fully saturated rings. The number of aromatic nitrogens is 1. The van der Waals surface area contributed by atoms with Gasteiger partial charge in [-0.15, -0.1) is 0 Å². The zero-order valence-electron chi connectivity index (χ0n) is 10.4. The second-order valence-corrected chi connectivity index (χ2v) is 5.11. The monoisotopic (exact) mass is 263 g/mol. The van der Waals surface area contributed by atoms with Gasteiger partial charge in [0.05, 0.1) is 5.52 Å². The molecule has 0 spiro atoms. The first-order valence-corrected chi connectivity index (χ1v) is 7.03. The van der Waals surface area contributed by atoms with Gasteiger partial charge in [-0.1, -0.05) is 60.3 Å². The van der Waals surface area contributed by atoms with Crippen LogP contribution in [0.1, 0.15) is 5.56 Å². The molecule has 0 radical (unpaired) electrons. The molecule has 0 unspecified atom stereocenters. The van der Waals surface area contributed by atoms with Crippen molar-refractivity contribution in [1.29, 1.82) is 0 Å². The maximum atomic E-state index is 4.45. The second kappa shape index (κ2) is 5.72. The SMILES string of the molecule is C(=Cc1ccccc1)Sc1cccc2cccnc12. The van der Waals surface area contributed by atoms with Crippen LogP contribution in [-0.4, -0.2) is 4.98 Å². The number of rotatable bonds is 3. The largest absolute Gasteiger partial charge is 0.255 e. The van der Waals surface area contributed by atoms with E-state index in [1.54, 1.807) is 11.8 Å². The van der Waals surface area contributed by atoms with E-state index in [2.05, 4.69) is 52.9 Å². The molecule has 0 aliphatic carbocycles. The van der Waals surface area contributed by atoms with Crippen molar-refractivity contribution in [3.05, 3.63) is 77.8 Å². The van der Waals surface area contributed by atoms with E-state index in [9.17, 15) is 0 Å². The first kappa shape index (κ1) is 12.0. The van der Waals surface area contributed by atoms with Crippen molar-refractivity contribution >= 4 is 28.7 Å². The number of fused-ring (bicyclic) bond motifs is 1. The number of pyridine rings is 1. The molecule has 0 aliphatic heterocycles. The van der Waals surface area contributed by atoms with Crippen LogP contribution < -0.4 is 0 Å². The third kappa shape index (κ3) is 2.85. The van der Waals surface area contributed by atoms with E-state index in [-0.39, 0.29) is 0 Å². The number of nitrogens with zero attached hydrogens (tertiary/aromatic N) is 1. The Kier molecular flexibility index (Phi) is 3.61. The molecule has 0 bridgehead atoms. The molecule has 19 heavy (non-hydrogen) atoms. The lowest BCUT2D eigenvalue weighted by atomic mass is 10.2. The molecule has 3 rings (SSSR count). The molecule has 92 valence electrons. The van der Waals surface area contributed by atoms with Gasteiger partial charge in [0, 0.05) is 16.5 Å². The van der Waals surface area contributed by atoms with Gasteiger partial charge in [-0.05, 0) is 29.2 Å². The number of benzene rings is 2. The van der Waals surface area contributed by atoms with Gasteiger partial charge in [-0.2, -0.15) is 0 Å². The maximum Gasteiger partial charge on any atom is 0.0841 e. The molecule has 0 atom stereocenters. The van der Waals surface area contributed by atoms with Gasteiger partial charge in [0.15, 0.2) is 0 Å². The number of hydrogen-bond acceptors (Lipinski definition) is 2. The molecule has 0 saturated carbocycles. The first-order valence-electron chi connectivity index (χ1n) is 6.15. The molecule has 3 aromatic rings. The number of para-hydroxylation sites is 1. The minimum absolute atomic E-state index is 1.06. The average Bonchev–Trinajstić information content (AvgIpc) is 2.49. The van der Waals surface area contributed by atoms with Crippen LogP contribution in [0.5, 0.6) is 0 Å². The van der Waals surface area contributed by atoms with E-state index < -0.39 is 0 Å². The molecule has 2 heteroatoms. The lowest BCUT2D eigenvalue weighted by Gasteiger charge is -2.01. The summed E-state index contributed by atoms with van der Waals surface area (Å²) in [7, 11) is 0. The van der Waals surface area contributed by atoms with Crippen molar-refractivity contribution < 1.29 is 0 Å². The van der Waals surface area contributed by atoms with Crippen molar-refractivity contribution in [1.82, 2.24) is 4.98 Å². The van der Waals surface area contributed by atoms with E-state index >= 15 is 0 Å². The van der Waals surface area contributed by atoms with Crippen molar-refractivity contribution in [3.8, 4) is 0 Å². The number of hydrogen-bond donors (Lipinski definition) is 0. The Labute approximate surface area is 117 Å². The molecule has 1 nitrogen and oxygen atoms in total. The van der Waals surface area contributed by atoms with E-state index in [1.807, 2.05) is 30.5 Å². The molecular formula is C17H13NS. The minimum atomic E-state index is 1.06. The fourth-order valence-electron chi connectivity index (χ4n) is 1.92. The molecular weight excluding hydrogens is 250 g/mol. The zero-order chi connectivity index (χ0) is 12.9. The summed E-state index contributed by atoms with van der Waals surface area (Å²) in [5.41, 5.74) is 2.27. The summed E-state index contributed by atoms with van der Waals surface area (Å²) in [6.45, 7) is 0. The predicted molar refractivity (Wildman–Crippen MR) is 83.1 cm³/mol. The average molecular weight is 263 g/mol. The molecule has 0 saturated heterocycles. The quantitative estimate of drug-likeness (QED) is 0.617. The summed E-state index contributed by atoms with van der Waals surface area (Å²) in [5, 5.41) is 3.29. The normalized spacial score (nSPS) is 11.2. The summed E-state index contributed by atoms with van der Waals surface area (Å²) >= 11 is 1.70. The molecule has 0 N–H and O–H groups in total. The zero-order valence-corrected chi connectivity index (χ0v) is 11.2. The highest BCUT2D eigenvalue weighted by molar-refractivity contribution is 8.02. The van der Waals surface area contributed by atoms with E-state index in [0.717, 1.165) is 5.52 Å². The highest BCUT2D eigenvalue weighted by Crippen LogP contribution is 2.27. The van der Waals surface area contributed by atoms with Crippen LogP contribution in [-0.2, 0) is 0 Å². The van der Waals surface area contributed by atoms with Gasteiger partial charge in [-0.3, -0.25) is 4.98 Å². The van der Waals surface area contributed by atoms with Gasteiger partial charge in [0.1, 0.15) is 0 Å². The summed E-state index contributed by atoms with van der Waals surface area (Å²) < 4.78 is 0. The Bertz CT molecular complexity index is 699. The molecule has 1 heterocycles. The van der Waals surface area contributed by atoms with Gasteiger partial charge >= 0.3 is 0 Å². The van der Waals surface area contributed by atoms with Gasteiger partial charge in [0.2, 0.25) is 0 Å². The van der Waals surface area contributed by atoms with Crippen LogP contribution in [0, 0.1) is 0 Å². The molecule has 1 aromatic heterocycles. The summed E-state index contributed by atoms with van der Waals surface area (Å²) in [4.78, 5) is 5.64. The van der Waals surface area contributed by atoms with Crippen LogP contribution >= 0.6 is 11.8 Å². The third-order valence-corrected chi connectivity index (χ3v) is 3.71. The Hall–Kier alpha value is -2.06. The highest BCUT2D eigenvalue weighted by atomic mass is 32.2. The van der Waals surface area contributed by atoms with Crippen LogP contribution in [0.2, 0.25) is 0 Å². The van der Waals surface area contributed by atoms with E-state index in [0.29, 0.717) is 0 Å². The summed E-state index contributed by atoms with van der Waals surface area (Å²) in [5.74, 6) is 0. The lowest BCUT2D eigenvalue weighted by molar-refractivity contribution is 1.35. The van der Waals surface area contributed by atoms with E-state index in [1.165, 1.54) is 15.8 Å². The van der Waals surface area contributed by atoms with Crippen LogP contribution in [0.3, 0.4) is 0 Å². The summed E-state index contributed by atoms with van der Waals surface area (Å²) in [6, 6.07) is 20.6. The standard InChI is InChI=1S/C17H13NS/c1-2-6-14(7-3-1)11-13-19-16-10-4-8-15-9-5-12-18-17(15)16/h1-13H. The Morgan fingerprint density at radius 3 is 2.58 bits per heavy atom. The van der Waals surface area contributed by atoms with Crippen LogP contribution in [0.15, 0.2) is 77.2 Å². The molecule has 0 aliphatic rings. The fourth-order valence-corrected chi connectivity index (χ4v) is 2.73. The fraction of sp³-hybridized carbons (Fsp3) is 0. The van der Waals surface area contributed by atoms with Crippen LogP contribution in [0.4, 0.5) is 0 Å². The van der Waals surface area contributed by atoms with Gasteiger partial charge in [-0.25, -0.2) is 0 Å². The Morgan fingerprint density at radius 1 is 0.842 bits per heavy atom. The van der Waals surface area contributed by atoms with Crippen molar-refractivity contribution in [2.45, 2.75) is 4.90 Å². The smallest absolute Gasteiger partial charge is 0.0841 e. The lowest BCUT2D eigenvalue weighted by Crippen LogP contribution is -1.79. The van der Waals surface area contributed by atoms with Crippen molar-refractivity contribution in [3.63, 3.8) is 0 Å². The third-order valence-electron chi connectivity index (χ3n) is 2.85. The Morgan fingerprint density at radius 2 is 1.68 bits per heavy atom. The van der Waals surface area contributed by atoms with Crippen LogP contribution in [0.25, 0.3) is 17.0 Å². The van der Waals surface area contributed by atoms with Crippen molar-refractivity contribution in [2.24, 2.45) is 0 Å². The van der Waals surface area contributed by atoms with Gasteiger partial charge in [0.25, 0.3) is 0 Å². The second-order valence-electron chi connectivity index (χ2n) is 4.16. The van der Waals surface area contributed by atoms with E-state index in [4.69, 9.17) is 0 Å². The highest BCUT2D eigenvalue weighted by Gasteiger charge is 1.99. The molecule has 2 aromatic carbocycles. The molecule has 0 amide bonds. The summed E-state index contributed by atoms with van der Waals surface area (Å²) in [6.07, 6.45) is 3.96. The number of thioether (sulfide) groups is 1. The Balaban J connectivity index is 1.84. The first-order chi connectivity index (χ1) is 9.43. The predicted octanol–water partition coefficient (Wildman–Crippen LogP) is 5.00.